The molecular formula is C15H18N2O4. The van der Waals surface area contributed by atoms with E-state index < -0.39 is 0 Å². The highest BCUT2D eigenvalue weighted by Gasteiger charge is 2.19. The van der Waals surface area contributed by atoms with Gasteiger partial charge >= 0.3 is 0 Å². The highest BCUT2D eigenvalue weighted by Crippen LogP contribution is 2.11. The number of nitrogens with zero attached hydrogens (tertiary/aromatic N) is 1. The molecule has 0 saturated carbocycles. The zero-order valence-electron chi connectivity index (χ0n) is 12.1. The second-order valence-corrected chi connectivity index (χ2v) is 4.64. The summed E-state index contributed by atoms with van der Waals surface area (Å²) in [5, 5.41) is 2.56. The van der Waals surface area contributed by atoms with E-state index in [0.29, 0.717) is 25.3 Å². The lowest BCUT2D eigenvalue weighted by Crippen LogP contribution is -2.30. The van der Waals surface area contributed by atoms with Crippen LogP contribution in [0.2, 0.25) is 0 Å². The van der Waals surface area contributed by atoms with Crippen LogP contribution in [0.5, 0.6) is 0 Å². The fourth-order valence-electron chi connectivity index (χ4n) is 1.92. The predicted octanol–water partition coefficient (Wildman–Crippen LogP) is 0.893. The lowest BCUT2D eigenvalue weighted by atomic mass is 10.1. The number of rotatable bonds is 4. The molecule has 2 rings (SSSR count). The Bertz CT molecular complexity index is 551. The molecule has 2 amide bonds. The largest absolute Gasteiger partial charge is 0.494 e. The van der Waals surface area contributed by atoms with Crippen LogP contribution in [0.1, 0.15) is 15.9 Å². The maximum Gasteiger partial charge on any atom is 0.292 e. The van der Waals surface area contributed by atoms with Gasteiger partial charge in [0.25, 0.3) is 11.8 Å². The summed E-state index contributed by atoms with van der Waals surface area (Å²) in [6, 6.07) is 7.10. The van der Waals surface area contributed by atoms with Gasteiger partial charge in [0.2, 0.25) is 5.76 Å². The third-order valence-electron chi connectivity index (χ3n) is 3.07. The molecule has 6 heteroatoms. The Balaban J connectivity index is 1.99. The van der Waals surface area contributed by atoms with Crippen LogP contribution in [-0.4, -0.2) is 44.0 Å². The molecular weight excluding hydrogens is 272 g/mol. The van der Waals surface area contributed by atoms with Gasteiger partial charge in [-0.2, -0.15) is 0 Å². The second-order valence-electron chi connectivity index (χ2n) is 4.64. The SMILES string of the molecule is CNC(=O)c1ccc(CN(C)C(=O)C2=COCCO2)cc1. The summed E-state index contributed by atoms with van der Waals surface area (Å²) in [5.41, 5.74) is 1.51. The third kappa shape index (κ3) is 3.75. The number of carbonyl (C=O) groups excluding carboxylic acids is 2. The Morgan fingerprint density at radius 3 is 2.52 bits per heavy atom. The molecule has 1 aliphatic rings. The van der Waals surface area contributed by atoms with Crippen LogP contribution >= 0.6 is 0 Å². The lowest BCUT2D eigenvalue weighted by molar-refractivity contribution is -0.131. The average Bonchev–Trinajstić information content (AvgIpc) is 2.55. The van der Waals surface area contributed by atoms with Gasteiger partial charge in [0.15, 0.2) is 0 Å². The van der Waals surface area contributed by atoms with Gasteiger partial charge in [-0.3, -0.25) is 9.59 Å². The topological polar surface area (TPSA) is 67.9 Å². The summed E-state index contributed by atoms with van der Waals surface area (Å²) < 4.78 is 10.3. The molecule has 0 atom stereocenters. The maximum atomic E-state index is 12.1. The van der Waals surface area contributed by atoms with Gasteiger partial charge in [-0.15, -0.1) is 0 Å². The van der Waals surface area contributed by atoms with Crippen molar-refractivity contribution in [1.82, 2.24) is 10.2 Å². The number of hydrogen-bond acceptors (Lipinski definition) is 4. The van der Waals surface area contributed by atoms with E-state index >= 15 is 0 Å². The Morgan fingerprint density at radius 2 is 1.95 bits per heavy atom. The number of amides is 2. The van der Waals surface area contributed by atoms with E-state index in [4.69, 9.17) is 9.47 Å². The molecule has 0 aliphatic carbocycles. The standard InChI is InChI=1S/C15H18N2O4/c1-16-14(18)12-5-3-11(4-6-12)9-17(2)15(19)13-10-20-7-8-21-13/h3-6,10H,7-9H2,1-2H3,(H,16,18). The van der Waals surface area contributed by atoms with E-state index in [1.165, 1.54) is 11.2 Å². The first-order valence-corrected chi connectivity index (χ1v) is 6.63. The highest BCUT2D eigenvalue weighted by atomic mass is 16.6. The highest BCUT2D eigenvalue weighted by molar-refractivity contribution is 5.94. The summed E-state index contributed by atoms with van der Waals surface area (Å²) in [6.07, 6.45) is 1.34. The molecule has 0 aromatic heterocycles. The fraction of sp³-hybridized carbons (Fsp3) is 0.333. The molecule has 112 valence electrons. The minimum absolute atomic E-state index is 0.135. The molecule has 1 aromatic rings. The fourth-order valence-corrected chi connectivity index (χ4v) is 1.92. The van der Waals surface area contributed by atoms with Gasteiger partial charge in [0.1, 0.15) is 19.5 Å². The van der Waals surface area contributed by atoms with Crippen LogP contribution in [0, 0.1) is 0 Å². The van der Waals surface area contributed by atoms with E-state index in [1.54, 1.807) is 26.2 Å². The minimum Gasteiger partial charge on any atom is -0.494 e. The first-order valence-electron chi connectivity index (χ1n) is 6.63. The van der Waals surface area contributed by atoms with Crippen LogP contribution in [0.3, 0.4) is 0 Å². The quantitative estimate of drug-likeness (QED) is 0.894. The van der Waals surface area contributed by atoms with Crippen molar-refractivity contribution in [1.29, 1.82) is 0 Å². The van der Waals surface area contributed by atoms with Crippen molar-refractivity contribution in [2.75, 3.05) is 27.3 Å². The molecule has 0 bridgehead atoms. The molecule has 1 aliphatic heterocycles. The van der Waals surface area contributed by atoms with Gasteiger partial charge in [0.05, 0.1) is 0 Å². The molecule has 21 heavy (non-hydrogen) atoms. The number of nitrogens with one attached hydrogen (secondary N) is 1. The molecule has 1 heterocycles. The minimum atomic E-state index is -0.231. The van der Waals surface area contributed by atoms with Crippen LogP contribution < -0.4 is 5.32 Å². The van der Waals surface area contributed by atoms with Crippen molar-refractivity contribution in [3.8, 4) is 0 Å². The molecule has 0 saturated heterocycles. The third-order valence-corrected chi connectivity index (χ3v) is 3.07. The van der Waals surface area contributed by atoms with E-state index in [9.17, 15) is 9.59 Å². The Labute approximate surface area is 123 Å². The van der Waals surface area contributed by atoms with Crippen molar-refractivity contribution in [3.05, 3.63) is 47.4 Å². The van der Waals surface area contributed by atoms with E-state index in [-0.39, 0.29) is 17.6 Å². The lowest BCUT2D eigenvalue weighted by Gasteiger charge is -2.21. The number of ether oxygens (including phenoxy) is 2. The molecule has 0 spiro atoms. The van der Waals surface area contributed by atoms with Crippen molar-refractivity contribution in [2.45, 2.75) is 6.54 Å². The average molecular weight is 290 g/mol. The number of carbonyl (C=O) groups is 2. The second kappa shape index (κ2) is 6.78. The monoisotopic (exact) mass is 290 g/mol. The molecule has 0 unspecified atom stereocenters. The molecule has 1 N–H and O–H groups in total. The molecule has 0 radical (unpaired) electrons. The van der Waals surface area contributed by atoms with Crippen LogP contribution in [-0.2, 0) is 20.8 Å². The van der Waals surface area contributed by atoms with Crippen LogP contribution in [0.15, 0.2) is 36.3 Å². The molecule has 1 aromatic carbocycles. The summed E-state index contributed by atoms with van der Waals surface area (Å²) in [4.78, 5) is 25.1. The van der Waals surface area contributed by atoms with E-state index in [1.807, 2.05) is 12.1 Å². The van der Waals surface area contributed by atoms with Gasteiger partial charge in [-0.25, -0.2) is 0 Å². The van der Waals surface area contributed by atoms with E-state index in [2.05, 4.69) is 5.32 Å². The number of benzene rings is 1. The summed E-state index contributed by atoms with van der Waals surface area (Å²) in [6.45, 7) is 1.27. The Hall–Kier alpha value is -2.50. The van der Waals surface area contributed by atoms with Crippen LogP contribution in [0.25, 0.3) is 0 Å². The molecule has 0 fully saturated rings. The predicted molar refractivity (Wildman–Crippen MR) is 76.3 cm³/mol. The smallest absolute Gasteiger partial charge is 0.292 e. The zero-order chi connectivity index (χ0) is 15.2. The Kier molecular flexibility index (Phi) is 4.81. The molecule has 6 nitrogen and oxygen atoms in total. The van der Waals surface area contributed by atoms with Crippen molar-refractivity contribution >= 4 is 11.8 Å². The van der Waals surface area contributed by atoms with Gasteiger partial charge in [-0.05, 0) is 17.7 Å². The van der Waals surface area contributed by atoms with Gasteiger partial charge in [0, 0.05) is 26.2 Å². The van der Waals surface area contributed by atoms with Crippen molar-refractivity contribution in [3.63, 3.8) is 0 Å². The van der Waals surface area contributed by atoms with Crippen molar-refractivity contribution < 1.29 is 19.1 Å². The van der Waals surface area contributed by atoms with E-state index in [0.717, 1.165) is 5.56 Å². The zero-order valence-corrected chi connectivity index (χ0v) is 12.1. The van der Waals surface area contributed by atoms with Gasteiger partial charge < -0.3 is 19.7 Å². The number of hydrogen-bond donors (Lipinski definition) is 1. The summed E-state index contributed by atoms with van der Waals surface area (Å²) >= 11 is 0. The van der Waals surface area contributed by atoms with Crippen molar-refractivity contribution in [2.24, 2.45) is 0 Å². The summed E-state index contributed by atoms with van der Waals surface area (Å²) in [7, 11) is 3.27. The maximum absolute atomic E-state index is 12.1. The summed E-state index contributed by atoms with van der Waals surface area (Å²) in [5.74, 6) is -0.153. The Morgan fingerprint density at radius 1 is 1.24 bits per heavy atom. The first-order chi connectivity index (χ1) is 10.1. The first kappa shape index (κ1) is 14.9. The number of likely N-dealkylation sites (N-methyl/N-ethyl adjacent to an activating group) is 1. The normalized spacial score (nSPS) is 13.5. The van der Waals surface area contributed by atoms with Gasteiger partial charge in [-0.1, -0.05) is 12.1 Å². The van der Waals surface area contributed by atoms with Crippen LogP contribution in [0.4, 0.5) is 0 Å².